The zero-order valence-corrected chi connectivity index (χ0v) is 13.1. The van der Waals surface area contributed by atoms with E-state index in [-0.39, 0.29) is 24.2 Å². The van der Waals surface area contributed by atoms with Gasteiger partial charge in [0.05, 0.1) is 6.54 Å². The fourth-order valence-corrected chi connectivity index (χ4v) is 2.51. The van der Waals surface area contributed by atoms with Gasteiger partial charge in [-0.05, 0) is 18.0 Å². The zero-order chi connectivity index (χ0) is 15.3. The van der Waals surface area contributed by atoms with E-state index in [1.165, 1.54) is 4.90 Å². The van der Waals surface area contributed by atoms with Crippen LogP contribution in [0, 0.1) is 0 Å². The molecule has 1 aromatic heterocycles. The van der Waals surface area contributed by atoms with E-state index in [9.17, 15) is 9.59 Å². The van der Waals surface area contributed by atoms with Crippen LogP contribution in [-0.4, -0.2) is 55.3 Å². The van der Waals surface area contributed by atoms with E-state index in [1.54, 1.807) is 21.1 Å². The number of nitrogens with one attached hydrogen (secondary N) is 1. The fourth-order valence-electron chi connectivity index (χ4n) is 1.67. The van der Waals surface area contributed by atoms with E-state index in [4.69, 9.17) is 5.73 Å². The Kier molecular flexibility index (Phi) is 5.75. The number of likely N-dealkylation sites (N-methyl/N-ethyl adjacent to an activating group) is 1. The zero-order valence-electron chi connectivity index (χ0n) is 12.3. The van der Waals surface area contributed by atoms with Crippen molar-refractivity contribution in [2.45, 2.75) is 13.3 Å². The maximum absolute atomic E-state index is 11.9. The largest absolute Gasteiger partial charge is 0.382 e. The molecule has 1 rings (SSSR count). The topological polar surface area (TPSA) is 91.6 Å². The van der Waals surface area contributed by atoms with Crippen molar-refractivity contribution in [1.82, 2.24) is 14.6 Å². The highest BCUT2D eigenvalue weighted by Crippen LogP contribution is 2.30. The quantitative estimate of drug-likeness (QED) is 0.793. The van der Waals surface area contributed by atoms with Gasteiger partial charge in [-0.3, -0.25) is 9.59 Å². The summed E-state index contributed by atoms with van der Waals surface area (Å²) in [7, 11) is 4.94. The molecule has 7 nitrogen and oxygen atoms in total. The predicted molar refractivity (Wildman–Crippen MR) is 81.1 cm³/mol. The lowest BCUT2D eigenvalue weighted by Crippen LogP contribution is -2.37. The number of amides is 2. The van der Waals surface area contributed by atoms with Gasteiger partial charge in [0.25, 0.3) is 5.91 Å². The molecule has 0 bridgehead atoms. The predicted octanol–water partition coefficient (Wildman–Crippen LogP) is 0.390. The summed E-state index contributed by atoms with van der Waals surface area (Å²) in [5, 5.41) is 3.19. The number of rotatable bonds is 6. The summed E-state index contributed by atoms with van der Waals surface area (Å²) < 4.78 is 4.03. The van der Waals surface area contributed by atoms with E-state index >= 15 is 0 Å². The van der Waals surface area contributed by atoms with Gasteiger partial charge >= 0.3 is 0 Å². The number of hydrogen-bond acceptors (Lipinski definition) is 6. The normalized spacial score (nSPS) is 10.2. The molecule has 0 unspecified atom stereocenters. The number of aromatic nitrogens is 1. The summed E-state index contributed by atoms with van der Waals surface area (Å²) >= 11 is 1.14. The van der Waals surface area contributed by atoms with E-state index < -0.39 is 0 Å². The molecule has 0 aliphatic carbocycles. The number of hydrogen-bond donors (Lipinski definition) is 2. The molecule has 0 saturated carbocycles. The summed E-state index contributed by atoms with van der Waals surface area (Å²) in [5.41, 5.74) is 6.10. The smallest absolute Gasteiger partial charge is 0.257 e. The Morgan fingerprint density at radius 2 is 2.05 bits per heavy atom. The van der Waals surface area contributed by atoms with Crippen LogP contribution in [0.1, 0.15) is 23.7 Å². The minimum absolute atomic E-state index is 0.0340. The molecule has 0 atom stereocenters. The van der Waals surface area contributed by atoms with Crippen molar-refractivity contribution in [3.63, 3.8) is 0 Å². The highest BCUT2D eigenvalue weighted by molar-refractivity contribution is 7.11. The van der Waals surface area contributed by atoms with Crippen LogP contribution >= 0.6 is 11.5 Å². The van der Waals surface area contributed by atoms with Crippen LogP contribution in [0.25, 0.3) is 0 Å². The molecule has 2 amide bonds. The first-order valence-electron chi connectivity index (χ1n) is 6.34. The molecule has 0 aliphatic heterocycles. The summed E-state index contributed by atoms with van der Waals surface area (Å²) in [6.07, 6.45) is 0.853. The van der Waals surface area contributed by atoms with Gasteiger partial charge in [0.1, 0.15) is 10.6 Å². The number of carbonyl (C=O) groups is 2. The first-order valence-corrected chi connectivity index (χ1v) is 7.12. The molecule has 3 N–H and O–H groups in total. The Hall–Kier alpha value is -1.83. The molecule has 0 saturated heterocycles. The molecule has 1 aromatic rings. The van der Waals surface area contributed by atoms with Crippen molar-refractivity contribution >= 4 is 34.2 Å². The Bertz CT molecular complexity index is 486. The molecular formula is C12H21N5O2S. The third kappa shape index (κ3) is 3.60. The average molecular weight is 299 g/mol. The maximum Gasteiger partial charge on any atom is 0.257 e. The second-order valence-corrected chi connectivity index (χ2v) is 5.29. The molecule has 0 aromatic carbocycles. The van der Waals surface area contributed by atoms with Crippen molar-refractivity contribution in [2.24, 2.45) is 0 Å². The van der Waals surface area contributed by atoms with Gasteiger partial charge in [-0.1, -0.05) is 6.92 Å². The summed E-state index contributed by atoms with van der Waals surface area (Å²) in [6.45, 7) is 2.87. The van der Waals surface area contributed by atoms with Gasteiger partial charge in [0, 0.05) is 27.7 Å². The van der Waals surface area contributed by atoms with Gasteiger partial charge < -0.3 is 20.9 Å². The number of nitrogens with zero attached hydrogens (tertiary/aromatic N) is 3. The highest BCUT2D eigenvalue weighted by Gasteiger charge is 2.24. The molecule has 0 aliphatic rings. The minimum Gasteiger partial charge on any atom is -0.382 e. The third-order valence-electron chi connectivity index (χ3n) is 2.76. The van der Waals surface area contributed by atoms with Gasteiger partial charge in [-0.2, -0.15) is 4.37 Å². The Balaban J connectivity index is 3.09. The van der Waals surface area contributed by atoms with Crippen molar-refractivity contribution in [1.29, 1.82) is 0 Å². The molecule has 0 spiro atoms. The monoisotopic (exact) mass is 299 g/mol. The second kappa shape index (κ2) is 7.09. The lowest BCUT2D eigenvalue weighted by molar-refractivity contribution is -0.127. The van der Waals surface area contributed by atoms with Crippen LogP contribution in [-0.2, 0) is 4.79 Å². The van der Waals surface area contributed by atoms with E-state index in [0.29, 0.717) is 17.1 Å². The molecule has 1 heterocycles. The molecular weight excluding hydrogens is 278 g/mol. The average Bonchev–Trinajstić information content (AvgIpc) is 2.79. The highest BCUT2D eigenvalue weighted by atomic mass is 32.1. The molecule has 8 heteroatoms. The van der Waals surface area contributed by atoms with Crippen molar-refractivity contribution in [3.8, 4) is 0 Å². The van der Waals surface area contributed by atoms with Gasteiger partial charge in [-0.15, -0.1) is 0 Å². The number of nitrogen functional groups attached to an aromatic ring is 1. The standard InChI is InChI=1S/C12H21N5O2S/c1-5-6-17(7-8(18)16(3)4)12-9(11(19)14-2)10(13)15-20-12/h5-7H2,1-4H3,(H2,13,15)(H,14,19). The van der Waals surface area contributed by atoms with E-state index in [0.717, 1.165) is 18.0 Å². The first-order chi connectivity index (χ1) is 9.42. The van der Waals surface area contributed by atoms with E-state index in [1.807, 2.05) is 11.8 Å². The van der Waals surface area contributed by atoms with Gasteiger partial charge in [0.2, 0.25) is 5.91 Å². The number of carbonyl (C=O) groups excluding carboxylic acids is 2. The van der Waals surface area contributed by atoms with Crippen LogP contribution in [0.5, 0.6) is 0 Å². The minimum atomic E-state index is -0.287. The lowest BCUT2D eigenvalue weighted by Gasteiger charge is -2.24. The summed E-state index contributed by atoms with van der Waals surface area (Å²) in [6, 6.07) is 0. The third-order valence-corrected chi connectivity index (χ3v) is 3.68. The van der Waals surface area contributed by atoms with Gasteiger partial charge in [0.15, 0.2) is 5.82 Å². The van der Waals surface area contributed by atoms with Crippen LogP contribution in [0.15, 0.2) is 0 Å². The van der Waals surface area contributed by atoms with Gasteiger partial charge in [-0.25, -0.2) is 0 Å². The second-order valence-electron chi connectivity index (χ2n) is 4.54. The Morgan fingerprint density at radius 1 is 1.40 bits per heavy atom. The van der Waals surface area contributed by atoms with Crippen LogP contribution in [0.2, 0.25) is 0 Å². The molecule has 20 heavy (non-hydrogen) atoms. The van der Waals surface area contributed by atoms with Crippen LogP contribution in [0.4, 0.5) is 10.8 Å². The first kappa shape index (κ1) is 16.2. The summed E-state index contributed by atoms with van der Waals surface area (Å²) in [4.78, 5) is 27.2. The molecule has 112 valence electrons. The summed E-state index contributed by atoms with van der Waals surface area (Å²) in [5.74, 6) is -0.124. The van der Waals surface area contributed by atoms with Crippen molar-refractivity contribution in [3.05, 3.63) is 5.56 Å². The lowest BCUT2D eigenvalue weighted by atomic mass is 10.2. The Labute approximate surface area is 122 Å². The van der Waals surface area contributed by atoms with Crippen molar-refractivity contribution < 1.29 is 9.59 Å². The van der Waals surface area contributed by atoms with E-state index in [2.05, 4.69) is 9.69 Å². The molecule has 0 radical (unpaired) electrons. The fraction of sp³-hybridized carbons (Fsp3) is 0.583. The van der Waals surface area contributed by atoms with Crippen LogP contribution < -0.4 is 16.0 Å². The van der Waals surface area contributed by atoms with Crippen LogP contribution in [0.3, 0.4) is 0 Å². The number of anilines is 2. The van der Waals surface area contributed by atoms with Crippen molar-refractivity contribution in [2.75, 3.05) is 44.9 Å². The Morgan fingerprint density at radius 3 is 2.55 bits per heavy atom. The maximum atomic E-state index is 11.9. The molecule has 0 fully saturated rings. The SMILES string of the molecule is CCCN(CC(=O)N(C)C)c1snc(N)c1C(=O)NC. The number of nitrogens with two attached hydrogens (primary N) is 1.